The van der Waals surface area contributed by atoms with Gasteiger partial charge in [0.1, 0.15) is 22.4 Å². The average Bonchev–Trinajstić information content (AvgIpc) is 3.53. The first-order valence-electron chi connectivity index (χ1n) is 9.90. The third-order valence-corrected chi connectivity index (χ3v) is 5.39. The number of pyridine rings is 2. The first-order valence-corrected chi connectivity index (χ1v) is 10.8. The Morgan fingerprint density at radius 1 is 0.879 bits per heavy atom. The van der Waals surface area contributed by atoms with Crippen molar-refractivity contribution >= 4 is 29.0 Å². The second kappa shape index (κ2) is 9.28. The number of hydrogen-bond acceptors (Lipinski definition) is 7. The number of aromatic nitrogens is 5. The molecule has 0 radical (unpaired) electrons. The molecule has 2 amide bonds. The van der Waals surface area contributed by atoms with E-state index in [1.807, 2.05) is 47.2 Å². The lowest BCUT2D eigenvalue weighted by atomic mass is 10.3. The number of amides is 2. The molecule has 4 heterocycles. The summed E-state index contributed by atoms with van der Waals surface area (Å²) in [6.07, 6.45) is 8.71. The molecule has 0 saturated carbocycles. The molecule has 5 aromatic rings. The molecule has 5 rings (SSSR count). The molecule has 0 fully saturated rings. The minimum atomic E-state index is -0.448. The second-order valence-corrected chi connectivity index (χ2v) is 7.64. The zero-order valence-corrected chi connectivity index (χ0v) is 17.9. The van der Waals surface area contributed by atoms with Crippen molar-refractivity contribution in [2.75, 3.05) is 10.6 Å². The standard InChI is InChI=1S/C23H17N7O2S/c31-23(29-20-14-33-22(27-20)16-8-10-24-11-9-16)28-19-2-1-3-21(26-19)32-18-6-4-17(5-7-18)30-13-12-25-15-30/h1-15H,(H2,26,28,29,31). The van der Waals surface area contributed by atoms with Crippen LogP contribution in [0.15, 0.2) is 91.1 Å². The van der Waals surface area contributed by atoms with Gasteiger partial charge < -0.3 is 9.30 Å². The lowest BCUT2D eigenvalue weighted by Crippen LogP contribution is -2.20. The van der Waals surface area contributed by atoms with Gasteiger partial charge in [0, 0.05) is 47.5 Å². The molecule has 0 aliphatic heterocycles. The third kappa shape index (κ3) is 5.02. The minimum Gasteiger partial charge on any atom is -0.439 e. The highest BCUT2D eigenvalue weighted by Gasteiger charge is 2.09. The second-order valence-electron chi connectivity index (χ2n) is 6.78. The van der Waals surface area contributed by atoms with Crippen molar-refractivity contribution < 1.29 is 9.53 Å². The Balaban J connectivity index is 1.20. The van der Waals surface area contributed by atoms with Gasteiger partial charge in [0.25, 0.3) is 0 Å². The summed E-state index contributed by atoms with van der Waals surface area (Å²) in [5.41, 5.74) is 1.90. The van der Waals surface area contributed by atoms with E-state index in [9.17, 15) is 4.79 Å². The van der Waals surface area contributed by atoms with Gasteiger partial charge in [0.15, 0.2) is 0 Å². The van der Waals surface area contributed by atoms with Crippen molar-refractivity contribution in [3.63, 3.8) is 0 Å². The summed E-state index contributed by atoms with van der Waals surface area (Å²) >= 11 is 1.43. The molecule has 0 aliphatic rings. The van der Waals surface area contributed by atoms with Crippen LogP contribution in [0.3, 0.4) is 0 Å². The van der Waals surface area contributed by atoms with E-state index in [0.29, 0.717) is 23.3 Å². The molecular formula is C23H17N7O2S. The predicted molar refractivity (Wildman–Crippen MR) is 126 cm³/mol. The molecule has 0 unspecified atom stereocenters. The number of thiazole rings is 1. The SMILES string of the molecule is O=C(Nc1cccc(Oc2ccc(-n3ccnc3)cc2)n1)Nc1csc(-c2ccncc2)n1. The van der Waals surface area contributed by atoms with Gasteiger partial charge in [0.05, 0.1) is 6.33 Å². The first kappa shape index (κ1) is 20.3. The molecule has 0 atom stereocenters. The van der Waals surface area contributed by atoms with Crippen LogP contribution < -0.4 is 15.4 Å². The number of benzene rings is 1. The van der Waals surface area contributed by atoms with E-state index in [1.165, 1.54) is 11.3 Å². The molecule has 162 valence electrons. The Bertz CT molecular complexity index is 1350. The molecule has 0 spiro atoms. The maximum Gasteiger partial charge on any atom is 0.326 e. The molecule has 2 N–H and O–H groups in total. The minimum absolute atomic E-state index is 0.352. The van der Waals surface area contributed by atoms with Crippen molar-refractivity contribution in [3.8, 4) is 27.9 Å². The van der Waals surface area contributed by atoms with Crippen LogP contribution in [0.1, 0.15) is 0 Å². The summed E-state index contributed by atoms with van der Waals surface area (Å²) in [6.45, 7) is 0. The molecule has 10 heteroatoms. The number of hydrogen-bond donors (Lipinski definition) is 2. The molecule has 0 aliphatic carbocycles. The van der Waals surface area contributed by atoms with E-state index >= 15 is 0 Å². The monoisotopic (exact) mass is 455 g/mol. The highest BCUT2D eigenvalue weighted by atomic mass is 32.1. The summed E-state index contributed by atoms with van der Waals surface area (Å²) in [4.78, 5) is 29.2. The van der Waals surface area contributed by atoms with Crippen molar-refractivity contribution in [1.29, 1.82) is 0 Å². The van der Waals surface area contributed by atoms with Gasteiger partial charge >= 0.3 is 6.03 Å². The van der Waals surface area contributed by atoms with Gasteiger partial charge in [-0.15, -0.1) is 11.3 Å². The van der Waals surface area contributed by atoms with Gasteiger partial charge in [-0.05, 0) is 42.5 Å². The van der Waals surface area contributed by atoms with Gasteiger partial charge in [-0.3, -0.25) is 15.6 Å². The normalized spacial score (nSPS) is 10.5. The van der Waals surface area contributed by atoms with Crippen LogP contribution in [-0.4, -0.2) is 30.5 Å². The number of anilines is 2. The highest BCUT2D eigenvalue weighted by Crippen LogP contribution is 2.25. The number of urea groups is 1. The lowest BCUT2D eigenvalue weighted by Gasteiger charge is -2.09. The fourth-order valence-electron chi connectivity index (χ4n) is 2.98. The molecular weight excluding hydrogens is 438 g/mol. The van der Waals surface area contributed by atoms with Gasteiger partial charge in [-0.25, -0.2) is 14.8 Å². The number of ether oxygens (including phenoxy) is 1. The topological polar surface area (TPSA) is 107 Å². The Morgan fingerprint density at radius 3 is 2.48 bits per heavy atom. The van der Waals surface area contributed by atoms with Gasteiger partial charge in [-0.2, -0.15) is 4.98 Å². The van der Waals surface area contributed by atoms with Crippen molar-refractivity contribution in [2.45, 2.75) is 0 Å². The van der Waals surface area contributed by atoms with E-state index in [0.717, 1.165) is 16.3 Å². The Hall–Kier alpha value is -4.57. The van der Waals surface area contributed by atoms with Crippen LogP contribution in [0.4, 0.5) is 16.4 Å². The summed E-state index contributed by atoms with van der Waals surface area (Å²) in [5.74, 6) is 1.79. The van der Waals surface area contributed by atoms with Gasteiger partial charge in [0.2, 0.25) is 5.88 Å². The van der Waals surface area contributed by atoms with Crippen molar-refractivity contribution in [3.05, 3.63) is 91.1 Å². The van der Waals surface area contributed by atoms with Crippen LogP contribution >= 0.6 is 11.3 Å². The Kier molecular flexibility index (Phi) is 5.72. The Labute approximate surface area is 192 Å². The molecule has 0 bridgehead atoms. The number of imidazole rings is 1. The zero-order valence-electron chi connectivity index (χ0n) is 17.1. The predicted octanol–water partition coefficient (Wildman–Crippen LogP) is 5.22. The summed E-state index contributed by atoms with van der Waals surface area (Å²) in [6, 6.07) is 15.9. The van der Waals surface area contributed by atoms with Crippen LogP contribution in [0.25, 0.3) is 16.3 Å². The number of rotatable bonds is 6. The number of carbonyl (C=O) groups is 1. The largest absolute Gasteiger partial charge is 0.439 e. The van der Waals surface area contributed by atoms with E-state index in [4.69, 9.17) is 4.74 Å². The van der Waals surface area contributed by atoms with E-state index < -0.39 is 6.03 Å². The van der Waals surface area contributed by atoms with Crippen LogP contribution in [0.5, 0.6) is 11.6 Å². The van der Waals surface area contributed by atoms with Crippen molar-refractivity contribution in [2.24, 2.45) is 0 Å². The fourth-order valence-corrected chi connectivity index (χ4v) is 3.74. The molecule has 33 heavy (non-hydrogen) atoms. The summed E-state index contributed by atoms with van der Waals surface area (Å²) in [5, 5.41) is 7.98. The average molecular weight is 456 g/mol. The van der Waals surface area contributed by atoms with E-state index in [1.54, 1.807) is 48.5 Å². The number of carbonyl (C=O) groups excluding carboxylic acids is 1. The molecule has 0 saturated heterocycles. The van der Waals surface area contributed by atoms with Crippen molar-refractivity contribution in [1.82, 2.24) is 24.5 Å². The first-order chi connectivity index (χ1) is 16.2. The summed E-state index contributed by atoms with van der Waals surface area (Å²) < 4.78 is 7.72. The smallest absolute Gasteiger partial charge is 0.326 e. The number of nitrogens with zero attached hydrogens (tertiary/aromatic N) is 5. The van der Waals surface area contributed by atoms with Crippen LogP contribution in [0.2, 0.25) is 0 Å². The Morgan fingerprint density at radius 2 is 1.70 bits per heavy atom. The quantitative estimate of drug-likeness (QED) is 0.363. The third-order valence-electron chi connectivity index (χ3n) is 4.50. The summed E-state index contributed by atoms with van der Waals surface area (Å²) in [7, 11) is 0. The maximum absolute atomic E-state index is 12.4. The fraction of sp³-hybridized carbons (Fsp3) is 0. The van der Waals surface area contributed by atoms with Crippen LogP contribution in [-0.2, 0) is 0 Å². The van der Waals surface area contributed by atoms with Gasteiger partial charge in [-0.1, -0.05) is 6.07 Å². The molecule has 1 aromatic carbocycles. The molecule has 4 aromatic heterocycles. The van der Waals surface area contributed by atoms with E-state index in [-0.39, 0.29) is 0 Å². The zero-order chi connectivity index (χ0) is 22.5. The van der Waals surface area contributed by atoms with E-state index in [2.05, 4.69) is 30.6 Å². The lowest BCUT2D eigenvalue weighted by molar-refractivity contribution is 0.262. The van der Waals surface area contributed by atoms with Crippen LogP contribution in [0, 0.1) is 0 Å². The highest BCUT2D eigenvalue weighted by molar-refractivity contribution is 7.13. The maximum atomic E-state index is 12.4. The number of nitrogens with one attached hydrogen (secondary N) is 2. The molecule has 9 nitrogen and oxygen atoms in total.